The van der Waals surface area contributed by atoms with Gasteiger partial charge in [-0.15, -0.1) is 0 Å². The van der Waals surface area contributed by atoms with E-state index in [1.807, 2.05) is 12.4 Å². The molecule has 92 valence electrons. The van der Waals surface area contributed by atoms with Crippen LogP contribution < -0.4 is 0 Å². The van der Waals surface area contributed by atoms with Crippen molar-refractivity contribution in [2.45, 2.75) is 6.54 Å². The molecular weight excluding hydrogens is 233 g/mol. The van der Waals surface area contributed by atoms with Crippen LogP contribution in [0.4, 0.5) is 4.39 Å². The number of hydrogen-bond acceptors (Lipinski definition) is 2. The van der Waals surface area contributed by atoms with Crippen LogP contribution >= 0.6 is 0 Å². The molecule has 1 aromatic carbocycles. The zero-order chi connectivity index (χ0) is 12.5. The van der Waals surface area contributed by atoms with Gasteiger partial charge in [-0.3, -0.25) is 4.68 Å². The van der Waals surface area contributed by atoms with Gasteiger partial charge in [-0.1, -0.05) is 0 Å². The van der Waals surface area contributed by atoms with Gasteiger partial charge in [0.25, 0.3) is 0 Å². The molecule has 0 aliphatic carbocycles. The Balaban J connectivity index is 2.07. The van der Waals surface area contributed by atoms with Crippen molar-refractivity contribution < 1.29 is 9.50 Å². The van der Waals surface area contributed by atoms with E-state index < -0.39 is 0 Å². The Morgan fingerprint density at radius 3 is 3.11 bits per heavy atom. The summed E-state index contributed by atoms with van der Waals surface area (Å²) in [6.07, 6.45) is 5.44. The van der Waals surface area contributed by atoms with E-state index in [1.165, 1.54) is 12.1 Å². The minimum Gasteiger partial charge on any atom is -0.394 e. The third kappa shape index (κ3) is 1.78. The molecule has 2 N–H and O–H groups in total. The van der Waals surface area contributed by atoms with E-state index in [-0.39, 0.29) is 12.4 Å². The van der Waals surface area contributed by atoms with Gasteiger partial charge in [0.2, 0.25) is 0 Å². The summed E-state index contributed by atoms with van der Waals surface area (Å²) in [5.41, 5.74) is 2.69. The lowest BCUT2D eigenvalue weighted by Gasteiger charge is -1.96. The predicted molar refractivity (Wildman–Crippen MR) is 66.6 cm³/mol. The lowest BCUT2D eigenvalue weighted by atomic mass is 10.1. The summed E-state index contributed by atoms with van der Waals surface area (Å²) in [7, 11) is 0. The fourth-order valence-electron chi connectivity index (χ4n) is 2.06. The number of hydrogen-bond donors (Lipinski definition) is 2. The van der Waals surface area contributed by atoms with Gasteiger partial charge in [0.1, 0.15) is 5.82 Å². The van der Waals surface area contributed by atoms with Crippen molar-refractivity contribution in [1.29, 1.82) is 0 Å². The quantitative estimate of drug-likeness (QED) is 0.743. The molecule has 0 unspecified atom stereocenters. The van der Waals surface area contributed by atoms with Crippen LogP contribution in [0.5, 0.6) is 0 Å². The normalized spacial score (nSPS) is 11.2. The first-order chi connectivity index (χ1) is 8.78. The Labute approximate surface area is 103 Å². The van der Waals surface area contributed by atoms with Crippen molar-refractivity contribution in [1.82, 2.24) is 14.8 Å². The Kier molecular flexibility index (Phi) is 2.60. The molecule has 2 aromatic heterocycles. The summed E-state index contributed by atoms with van der Waals surface area (Å²) in [5, 5.41) is 14.0. The number of benzene rings is 1. The molecule has 18 heavy (non-hydrogen) atoms. The van der Waals surface area contributed by atoms with Gasteiger partial charge < -0.3 is 10.1 Å². The van der Waals surface area contributed by atoms with Crippen LogP contribution in [-0.4, -0.2) is 26.5 Å². The minimum atomic E-state index is -0.258. The number of fused-ring (bicyclic) bond motifs is 1. The van der Waals surface area contributed by atoms with Crippen molar-refractivity contribution in [2.75, 3.05) is 6.61 Å². The molecule has 0 saturated carbocycles. The van der Waals surface area contributed by atoms with Crippen molar-refractivity contribution in [3.63, 3.8) is 0 Å². The molecule has 4 nitrogen and oxygen atoms in total. The lowest BCUT2D eigenvalue weighted by Crippen LogP contribution is -2.01. The molecule has 3 aromatic rings. The first kappa shape index (κ1) is 11.0. The number of aromatic amines is 1. The monoisotopic (exact) mass is 245 g/mol. The van der Waals surface area contributed by atoms with Crippen molar-refractivity contribution in [3.05, 3.63) is 42.6 Å². The standard InChI is InChI=1S/C13H12FN3O/c14-10-1-2-11-12(7-15-13(11)5-10)9-6-16-17(8-9)3-4-18/h1-2,5-8,15,18H,3-4H2. The number of aliphatic hydroxyl groups is 1. The van der Waals surface area contributed by atoms with Gasteiger partial charge in [0.05, 0.1) is 19.3 Å². The van der Waals surface area contributed by atoms with E-state index in [1.54, 1.807) is 16.9 Å². The highest BCUT2D eigenvalue weighted by Gasteiger charge is 2.08. The van der Waals surface area contributed by atoms with Crippen LogP contribution in [0, 0.1) is 5.82 Å². The summed E-state index contributed by atoms with van der Waals surface area (Å²) in [5.74, 6) is -0.258. The third-order valence-electron chi connectivity index (χ3n) is 2.92. The number of nitrogens with one attached hydrogen (secondary N) is 1. The van der Waals surface area contributed by atoms with E-state index >= 15 is 0 Å². The van der Waals surface area contributed by atoms with Crippen LogP contribution in [0.3, 0.4) is 0 Å². The van der Waals surface area contributed by atoms with Crippen LogP contribution in [0.2, 0.25) is 0 Å². The Hall–Kier alpha value is -2.14. The molecule has 0 spiro atoms. The van der Waals surface area contributed by atoms with Crippen molar-refractivity contribution in [2.24, 2.45) is 0 Å². The average molecular weight is 245 g/mol. The number of aliphatic hydroxyl groups excluding tert-OH is 1. The molecule has 0 radical (unpaired) electrons. The molecule has 0 atom stereocenters. The van der Waals surface area contributed by atoms with E-state index in [2.05, 4.69) is 10.1 Å². The molecule has 2 heterocycles. The predicted octanol–water partition coefficient (Wildman–Crippen LogP) is 2.16. The second-order valence-corrected chi connectivity index (χ2v) is 4.11. The lowest BCUT2D eigenvalue weighted by molar-refractivity contribution is 0.269. The molecule has 0 aliphatic heterocycles. The summed E-state index contributed by atoms with van der Waals surface area (Å²) in [6.45, 7) is 0.525. The van der Waals surface area contributed by atoms with Crippen LogP contribution in [0.25, 0.3) is 22.0 Å². The molecule has 0 amide bonds. The maximum absolute atomic E-state index is 13.1. The van der Waals surface area contributed by atoms with Crippen molar-refractivity contribution >= 4 is 10.9 Å². The summed E-state index contributed by atoms with van der Waals surface area (Å²) >= 11 is 0. The fourth-order valence-corrected chi connectivity index (χ4v) is 2.06. The smallest absolute Gasteiger partial charge is 0.125 e. The van der Waals surface area contributed by atoms with Gasteiger partial charge >= 0.3 is 0 Å². The maximum Gasteiger partial charge on any atom is 0.125 e. The highest BCUT2D eigenvalue weighted by molar-refractivity contribution is 5.95. The summed E-state index contributed by atoms with van der Waals surface area (Å²) in [6, 6.07) is 4.66. The first-order valence-corrected chi connectivity index (χ1v) is 5.68. The van der Waals surface area contributed by atoms with Crippen molar-refractivity contribution in [3.8, 4) is 11.1 Å². The number of H-pyrrole nitrogens is 1. The Morgan fingerprint density at radius 2 is 2.28 bits per heavy atom. The van der Waals surface area contributed by atoms with Gasteiger partial charge in [-0.05, 0) is 18.2 Å². The van der Waals surface area contributed by atoms with Crippen LogP contribution in [0.15, 0.2) is 36.8 Å². The molecule has 0 bridgehead atoms. The Morgan fingerprint density at radius 1 is 1.39 bits per heavy atom. The average Bonchev–Trinajstić information content (AvgIpc) is 2.95. The highest BCUT2D eigenvalue weighted by Crippen LogP contribution is 2.28. The molecule has 0 saturated heterocycles. The molecule has 0 fully saturated rings. The minimum absolute atomic E-state index is 0.0558. The van der Waals surface area contributed by atoms with E-state index in [4.69, 9.17) is 5.11 Å². The number of rotatable bonds is 3. The third-order valence-corrected chi connectivity index (χ3v) is 2.92. The van der Waals surface area contributed by atoms with Crippen LogP contribution in [0.1, 0.15) is 0 Å². The van der Waals surface area contributed by atoms with Gasteiger partial charge in [0.15, 0.2) is 0 Å². The SMILES string of the molecule is OCCn1cc(-c2c[nH]c3cc(F)ccc23)cn1. The number of aromatic nitrogens is 3. The van der Waals surface area contributed by atoms with E-state index in [9.17, 15) is 4.39 Å². The topological polar surface area (TPSA) is 53.8 Å². The van der Waals surface area contributed by atoms with Gasteiger partial charge in [-0.2, -0.15) is 5.10 Å². The molecule has 5 heteroatoms. The van der Waals surface area contributed by atoms with E-state index in [0.29, 0.717) is 6.54 Å². The summed E-state index contributed by atoms with van der Waals surface area (Å²) < 4.78 is 14.8. The fraction of sp³-hybridized carbons (Fsp3) is 0.154. The zero-order valence-corrected chi connectivity index (χ0v) is 9.60. The first-order valence-electron chi connectivity index (χ1n) is 5.68. The van der Waals surface area contributed by atoms with Gasteiger partial charge in [0, 0.05) is 34.4 Å². The largest absolute Gasteiger partial charge is 0.394 e. The molecule has 3 rings (SSSR count). The zero-order valence-electron chi connectivity index (χ0n) is 9.60. The van der Waals surface area contributed by atoms with E-state index in [0.717, 1.165) is 22.0 Å². The molecule has 0 aliphatic rings. The van der Waals surface area contributed by atoms with Crippen LogP contribution in [-0.2, 0) is 6.54 Å². The number of halogens is 1. The molecular formula is C13H12FN3O. The Bertz CT molecular complexity index is 686. The number of nitrogens with zero attached hydrogens (tertiary/aromatic N) is 2. The second kappa shape index (κ2) is 4.27. The highest BCUT2D eigenvalue weighted by atomic mass is 19.1. The van der Waals surface area contributed by atoms with Gasteiger partial charge in [-0.25, -0.2) is 4.39 Å². The summed E-state index contributed by atoms with van der Waals surface area (Å²) in [4.78, 5) is 3.04. The second-order valence-electron chi connectivity index (χ2n) is 4.11. The maximum atomic E-state index is 13.1.